The molecule has 1 heterocycles. The smallest absolute Gasteiger partial charge is 0.243 e. The number of hydrogen-bond donors (Lipinski definition) is 1. The molecule has 0 unspecified atom stereocenters. The van der Waals surface area contributed by atoms with Crippen molar-refractivity contribution in [2.75, 3.05) is 32.9 Å². The van der Waals surface area contributed by atoms with E-state index in [4.69, 9.17) is 9.47 Å². The van der Waals surface area contributed by atoms with Gasteiger partial charge in [-0.2, -0.15) is 4.31 Å². The maximum atomic E-state index is 12.9. The second-order valence-corrected chi connectivity index (χ2v) is 8.29. The van der Waals surface area contributed by atoms with E-state index in [0.717, 1.165) is 5.56 Å². The van der Waals surface area contributed by atoms with Crippen LogP contribution in [0.1, 0.15) is 18.1 Å². The molecular formula is C20H24N2O5S. The zero-order valence-corrected chi connectivity index (χ0v) is 16.8. The molecule has 1 saturated heterocycles. The maximum Gasteiger partial charge on any atom is 0.243 e. The number of morpholine rings is 1. The molecule has 0 atom stereocenters. The van der Waals surface area contributed by atoms with E-state index in [1.807, 2.05) is 13.8 Å². The van der Waals surface area contributed by atoms with E-state index in [1.54, 1.807) is 36.4 Å². The quantitative estimate of drug-likeness (QED) is 0.748. The van der Waals surface area contributed by atoms with Crippen LogP contribution in [-0.4, -0.2) is 57.0 Å². The van der Waals surface area contributed by atoms with Crippen LogP contribution < -0.4 is 4.74 Å². The molecule has 0 aromatic heterocycles. The summed E-state index contributed by atoms with van der Waals surface area (Å²) >= 11 is 0. The number of sulfonamides is 1. The summed E-state index contributed by atoms with van der Waals surface area (Å²) in [5.41, 5.74) is 1.85. The first-order chi connectivity index (χ1) is 13.4. The molecule has 0 spiro atoms. The Hall–Kier alpha value is -2.42. The SMILES string of the molecule is CCOc1cccc(C=Nc2cc(S(=O)(=O)N3CCOCC3)ccc2C)c1O. The predicted molar refractivity (Wildman–Crippen MR) is 107 cm³/mol. The predicted octanol–water partition coefficient (Wildman–Crippen LogP) is 2.87. The van der Waals surface area contributed by atoms with Gasteiger partial charge >= 0.3 is 0 Å². The van der Waals surface area contributed by atoms with Crippen molar-refractivity contribution in [1.82, 2.24) is 4.31 Å². The number of phenolic OH excluding ortho intramolecular Hbond substituents is 1. The van der Waals surface area contributed by atoms with Crippen LogP contribution in [0, 0.1) is 6.92 Å². The fourth-order valence-corrected chi connectivity index (χ4v) is 4.31. The van der Waals surface area contributed by atoms with Gasteiger partial charge in [-0.15, -0.1) is 0 Å². The minimum Gasteiger partial charge on any atom is -0.504 e. The lowest BCUT2D eigenvalue weighted by molar-refractivity contribution is 0.0730. The Bertz CT molecular complexity index is 967. The summed E-state index contributed by atoms with van der Waals surface area (Å²) < 4.78 is 37.8. The summed E-state index contributed by atoms with van der Waals surface area (Å²) in [5.74, 6) is 0.384. The van der Waals surface area contributed by atoms with Crippen LogP contribution in [0.5, 0.6) is 11.5 Å². The molecule has 0 bridgehead atoms. The van der Waals surface area contributed by atoms with Gasteiger partial charge in [-0.05, 0) is 43.7 Å². The number of phenols is 1. The molecule has 28 heavy (non-hydrogen) atoms. The Labute approximate surface area is 165 Å². The van der Waals surface area contributed by atoms with Gasteiger partial charge in [0.05, 0.1) is 30.4 Å². The van der Waals surface area contributed by atoms with Crippen molar-refractivity contribution in [2.24, 2.45) is 4.99 Å². The van der Waals surface area contributed by atoms with Crippen LogP contribution in [0.3, 0.4) is 0 Å². The van der Waals surface area contributed by atoms with E-state index in [0.29, 0.717) is 49.9 Å². The van der Waals surface area contributed by atoms with E-state index in [1.165, 1.54) is 10.5 Å². The second kappa shape index (κ2) is 8.72. The highest BCUT2D eigenvalue weighted by molar-refractivity contribution is 7.89. The molecule has 2 aromatic rings. The molecule has 2 aromatic carbocycles. The Kier molecular flexibility index (Phi) is 6.33. The Morgan fingerprint density at radius 2 is 2.00 bits per heavy atom. The molecule has 3 rings (SSSR count). The average Bonchev–Trinajstić information content (AvgIpc) is 2.70. The van der Waals surface area contributed by atoms with E-state index >= 15 is 0 Å². The molecule has 1 aliphatic rings. The standard InChI is InChI=1S/C20H24N2O5S/c1-3-27-19-6-4-5-16(20(19)23)14-21-18-13-17(8-7-15(18)2)28(24,25)22-9-11-26-12-10-22/h4-8,13-14,23H,3,9-12H2,1-2H3. The van der Waals surface area contributed by atoms with Crippen LogP contribution in [0.25, 0.3) is 0 Å². The second-order valence-electron chi connectivity index (χ2n) is 6.35. The van der Waals surface area contributed by atoms with E-state index in [9.17, 15) is 13.5 Å². The highest BCUT2D eigenvalue weighted by Crippen LogP contribution is 2.30. The van der Waals surface area contributed by atoms with Gasteiger partial charge in [-0.3, -0.25) is 4.99 Å². The van der Waals surface area contributed by atoms with Gasteiger partial charge in [0, 0.05) is 24.9 Å². The summed E-state index contributed by atoms with van der Waals surface area (Å²) in [7, 11) is -3.60. The average molecular weight is 404 g/mol. The summed E-state index contributed by atoms with van der Waals surface area (Å²) in [6.45, 7) is 5.60. The molecule has 8 heteroatoms. The lowest BCUT2D eigenvalue weighted by Gasteiger charge is -2.26. The number of para-hydroxylation sites is 1. The number of aryl methyl sites for hydroxylation is 1. The number of hydrogen-bond acceptors (Lipinski definition) is 6. The summed E-state index contributed by atoms with van der Waals surface area (Å²) in [6.07, 6.45) is 1.51. The third kappa shape index (κ3) is 4.35. The van der Waals surface area contributed by atoms with Crippen LogP contribution in [-0.2, 0) is 14.8 Å². The molecule has 0 radical (unpaired) electrons. The van der Waals surface area contributed by atoms with Crippen molar-refractivity contribution in [3.8, 4) is 11.5 Å². The number of aliphatic imine (C=N–C) groups is 1. The first kappa shape index (κ1) is 20.3. The minimum atomic E-state index is -3.60. The lowest BCUT2D eigenvalue weighted by Crippen LogP contribution is -2.40. The largest absolute Gasteiger partial charge is 0.504 e. The third-order valence-corrected chi connectivity index (χ3v) is 6.36. The molecule has 150 valence electrons. The summed E-state index contributed by atoms with van der Waals surface area (Å²) in [6, 6.07) is 10.0. The number of rotatable bonds is 6. The van der Waals surface area contributed by atoms with Gasteiger partial charge in [0.1, 0.15) is 0 Å². The van der Waals surface area contributed by atoms with Crippen molar-refractivity contribution < 1.29 is 23.0 Å². The maximum absolute atomic E-state index is 12.9. The van der Waals surface area contributed by atoms with Crippen molar-refractivity contribution >= 4 is 21.9 Å². The topological polar surface area (TPSA) is 88.4 Å². The molecular weight excluding hydrogens is 380 g/mol. The van der Waals surface area contributed by atoms with Crippen molar-refractivity contribution in [2.45, 2.75) is 18.7 Å². The summed E-state index contributed by atoms with van der Waals surface area (Å²) in [5, 5.41) is 10.3. The molecule has 1 N–H and O–H groups in total. The van der Waals surface area contributed by atoms with Gasteiger partial charge in [0.15, 0.2) is 11.5 Å². The zero-order chi connectivity index (χ0) is 20.1. The lowest BCUT2D eigenvalue weighted by atomic mass is 10.2. The third-order valence-electron chi connectivity index (χ3n) is 4.46. The van der Waals surface area contributed by atoms with Gasteiger partial charge in [0.25, 0.3) is 0 Å². The molecule has 0 saturated carbocycles. The van der Waals surface area contributed by atoms with E-state index < -0.39 is 10.0 Å². The van der Waals surface area contributed by atoms with Crippen molar-refractivity contribution in [1.29, 1.82) is 0 Å². The van der Waals surface area contributed by atoms with Gasteiger partial charge in [-0.25, -0.2) is 8.42 Å². The zero-order valence-electron chi connectivity index (χ0n) is 16.0. The highest BCUT2D eigenvalue weighted by atomic mass is 32.2. The van der Waals surface area contributed by atoms with Crippen LogP contribution in [0.2, 0.25) is 0 Å². The Morgan fingerprint density at radius 3 is 2.71 bits per heavy atom. The van der Waals surface area contributed by atoms with E-state index in [2.05, 4.69) is 4.99 Å². The molecule has 1 aliphatic heterocycles. The van der Waals surface area contributed by atoms with Crippen molar-refractivity contribution in [3.63, 3.8) is 0 Å². The fourth-order valence-electron chi connectivity index (χ4n) is 2.88. The minimum absolute atomic E-state index is 0.00264. The first-order valence-electron chi connectivity index (χ1n) is 9.11. The summed E-state index contributed by atoms with van der Waals surface area (Å²) in [4.78, 5) is 4.60. The van der Waals surface area contributed by atoms with E-state index in [-0.39, 0.29) is 10.6 Å². The van der Waals surface area contributed by atoms with Gasteiger partial charge < -0.3 is 14.6 Å². The van der Waals surface area contributed by atoms with Crippen molar-refractivity contribution in [3.05, 3.63) is 47.5 Å². The highest BCUT2D eigenvalue weighted by Gasteiger charge is 2.26. The monoisotopic (exact) mass is 404 g/mol. The molecule has 1 fully saturated rings. The van der Waals surface area contributed by atoms with Gasteiger partial charge in [0.2, 0.25) is 10.0 Å². The molecule has 7 nitrogen and oxygen atoms in total. The van der Waals surface area contributed by atoms with Gasteiger partial charge in [-0.1, -0.05) is 12.1 Å². The van der Waals surface area contributed by atoms with Crippen LogP contribution in [0.15, 0.2) is 46.3 Å². The normalized spacial score (nSPS) is 15.8. The van der Waals surface area contributed by atoms with Crippen LogP contribution >= 0.6 is 0 Å². The number of ether oxygens (including phenoxy) is 2. The number of benzene rings is 2. The number of aromatic hydroxyl groups is 1. The Balaban J connectivity index is 1.90. The molecule has 0 amide bonds. The number of nitrogens with zero attached hydrogens (tertiary/aromatic N) is 2. The van der Waals surface area contributed by atoms with Crippen LogP contribution in [0.4, 0.5) is 5.69 Å². The molecule has 0 aliphatic carbocycles. The fraction of sp³-hybridized carbons (Fsp3) is 0.350. The Morgan fingerprint density at radius 1 is 1.25 bits per heavy atom. The first-order valence-corrected chi connectivity index (χ1v) is 10.5.